The molecule has 0 amide bonds. The van der Waals surface area contributed by atoms with Crippen molar-refractivity contribution >= 4 is 39.0 Å². The van der Waals surface area contributed by atoms with E-state index in [0.717, 1.165) is 10.0 Å². The summed E-state index contributed by atoms with van der Waals surface area (Å²) >= 11 is 3.43. The number of furan rings is 1. The first kappa shape index (κ1) is 23.3. The summed E-state index contributed by atoms with van der Waals surface area (Å²) in [5.74, 6) is 0.365. The van der Waals surface area contributed by atoms with Crippen LogP contribution in [-0.4, -0.2) is 29.0 Å². The van der Waals surface area contributed by atoms with E-state index in [1.165, 1.54) is 30.3 Å². The Morgan fingerprint density at radius 3 is 2.58 bits per heavy atom. The average molecular weight is 544 g/mol. The molecule has 2 heterocycles. The van der Waals surface area contributed by atoms with Crippen LogP contribution in [0.3, 0.4) is 0 Å². The maximum Gasteiger partial charge on any atom is 0.379 e. The minimum Gasteiger partial charge on any atom is -0.493 e. The van der Waals surface area contributed by atoms with Crippen LogP contribution in [0.2, 0.25) is 0 Å². The van der Waals surface area contributed by atoms with Gasteiger partial charge in [-0.2, -0.15) is 9.78 Å². The van der Waals surface area contributed by atoms with E-state index in [9.17, 15) is 9.59 Å². The highest BCUT2D eigenvalue weighted by Crippen LogP contribution is 2.29. The molecule has 9 heteroatoms. The summed E-state index contributed by atoms with van der Waals surface area (Å²) in [6.45, 7) is 0. The van der Waals surface area contributed by atoms with Crippen LogP contribution < -0.4 is 15.0 Å². The minimum absolute atomic E-state index is 0.0753. The summed E-state index contributed by atoms with van der Waals surface area (Å²) in [7, 11) is 1.46. The number of methoxy groups -OCH3 is 1. The molecular weight excluding hydrogens is 526 g/mol. The molecule has 0 aliphatic heterocycles. The summed E-state index contributed by atoms with van der Waals surface area (Å²) in [5.41, 5.74) is 1.63. The highest BCUT2D eigenvalue weighted by atomic mass is 79.9. The topological polar surface area (TPSA) is 95.9 Å². The van der Waals surface area contributed by atoms with E-state index in [1.807, 2.05) is 30.3 Å². The number of carbonyl (C=O) groups is 1. The number of halogens is 1. The number of fused-ring (bicyclic) bond motifs is 1. The number of esters is 1. The predicted molar refractivity (Wildman–Crippen MR) is 139 cm³/mol. The second-order valence-electron chi connectivity index (χ2n) is 7.60. The maximum atomic E-state index is 13.3. The lowest BCUT2D eigenvalue weighted by molar-refractivity contribution is 0.0696. The summed E-state index contributed by atoms with van der Waals surface area (Å²) in [5, 5.41) is 4.91. The van der Waals surface area contributed by atoms with E-state index in [-0.39, 0.29) is 17.1 Å². The molecule has 0 bridgehead atoms. The van der Waals surface area contributed by atoms with Gasteiger partial charge in [0, 0.05) is 10.0 Å². The Balaban J connectivity index is 1.53. The molecule has 3 aromatic carbocycles. The van der Waals surface area contributed by atoms with Crippen molar-refractivity contribution < 1.29 is 18.7 Å². The van der Waals surface area contributed by atoms with Gasteiger partial charge >= 0.3 is 5.97 Å². The fourth-order valence-electron chi connectivity index (χ4n) is 3.53. The van der Waals surface area contributed by atoms with Crippen molar-refractivity contribution in [2.45, 2.75) is 0 Å². The van der Waals surface area contributed by atoms with E-state index >= 15 is 0 Å². The third-order valence-corrected chi connectivity index (χ3v) is 5.82. The molecule has 0 unspecified atom stereocenters. The van der Waals surface area contributed by atoms with Crippen molar-refractivity contribution in [3.63, 3.8) is 0 Å². The summed E-state index contributed by atoms with van der Waals surface area (Å²) in [6.07, 6.45) is 2.90. The molecule has 0 atom stereocenters. The zero-order valence-corrected chi connectivity index (χ0v) is 20.5. The van der Waals surface area contributed by atoms with E-state index in [0.29, 0.717) is 28.0 Å². The van der Waals surface area contributed by atoms with E-state index < -0.39 is 5.97 Å². The van der Waals surface area contributed by atoms with Crippen molar-refractivity contribution in [2.24, 2.45) is 5.10 Å². The number of para-hydroxylation sites is 1. The first-order valence-electron chi connectivity index (χ1n) is 10.8. The van der Waals surface area contributed by atoms with E-state index in [1.54, 1.807) is 42.5 Å². The van der Waals surface area contributed by atoms with Crippen LogP contribution >= 0.6 is 15.9 Å². The minimum atomic E-state index is -0.646. The number of ether oxygens (including phenoxy) is 2. The average Bonchev–Trinajstić information content (AvgIpc) is 3.45. The van der Waals surface area contributed by atoms with Crippen molar-refractivity contribution in [3.8, 4) is 22.9 Å². The van der Waals surface area contributed by atoms with Gasteiger partial charge in [-0.15, -0.1) is 0 Å². The molecule has 0 saturated carbocycles. The molecule has 0 spiro atoms. The van der Waals surface area contributed by atoms with Gasteiger partial charge in [-0.3, -0.25) is 4.79 Å². The number of benzene rings is 3. The normalized spacial score (nSPS) is 11.2. The molecule has 0 fully saturated rings. The van der Waals surface area contributed by atoms with Gasteiger partial charge in [0.25, 0.3) is 5.56 Å². The Hall–Kier alpha value is -4.50. The number of aromatic nitrogens is 2. The van der Waals surface area contributed by atoms with Gasteiger partial charge in [0.05, 0.1) is 30.5 Å². The number of hydrogen-bond donors (Lipinski definition) is 0. The smallest absolute Gasteiger partial charge is 0.379 e. The second-order valence-corrected chi connectivity index (χ2v) is 8.51. The molecule has 5 aromatic rings. The Labute approximate surface area is 213 Å². The fourth-order valence-corrected chi connectivity index (χ4v) is 3.80. The molecule has 2 aromatic heterocycles. The highest BCUT2D eigenvalue weighted by Gasteiger charge is 2.16. The molecule has 0 aliphatic rings. The molecule has 178 valence electrons. The molecule has 0 saturated heterocycles. The lowest BCUT2D eigenvalue weighted by Gasteiger charge is -2.10. The van der Waals surface area contributed by atoms with E-state index in [4.69, 9.17) is 18.9 Å². The number of rotatable bonds is 6. The molecule has 0 N–H and O–H groups in total. The van der Waals surface area contributed by atoms with Crippen molar-refractivity contribution in [1.29, 1.82) is 0 Å². The van der Waals surface area contributed by atoms with Crippen LogP contribution in [0.5, 0.6) is 11.5 Å². The van der Waals surface area contributed by atoms with Crippen molar-refractivity contribution in [2.75, 3.05) is 7.11 Å². The third-order valence-electron chi connectivity index (χ3n) is 5.29. The zero-order valence-electron chi connectivity index (χ0n) is 18.9. The van der Waals surface area contributed by atoms with Crippen LogP contribution in [0.25, 0.3) is 22.3 Å². The maximum absolute atomic E-state index is 13.3. The van der Waals surface area contributed by atoms with Gasteiger partial charge in [0.1, 0.15) is 0 Å². The third kappa shape index (κ3) is 4.69. The number of carbonyl (C=O) groups excluding carboxylic acids is 1. The quantitative estimate of drug-likeness (QED) is 0.159. The van der Waals surface area contributed by atoms with Crippen LogP contribution in [0.1, 0.15) is 16.1 Å². The monoisotopic (exact) mass is 543 g/mol. The first-order valence-corrected chi connectivity index (χ1v) is 11.6. The first-order chi connectivity index (χ1) is 17.5. The number of nitrogens with zero attached hydrogens (tertiary/aromatic N) is 3. The molecule has 0 aliphatic carbocycles. The number of hydrogen-bond acceptors (Lipinski definition) is 7. The van der Waals surface area contributed by atoms with Crippen LogP contribution in [0.15, 0.2) is 104 Å². The highest BCUT2D eigenvalue weighted by molar-refractivity contribution is 9.10. The van der Waals surface area contributed by atoms with Crippen molar-refractivity contribution in [3.05, 3.63) is 111 Å². The Morgan fingerprint density at radius 1 is 1.03 bits per heavy atom. The zero-order chi connectivity index (χ0) is 25.1. The van der Waals surface area contributed by atoms with Crippen LogP contribution in [0.4, 0.5) is 0 Å². The lowest BCUT2D eigenvalue weighted by atomic mass is 10.2. The molecule has 8 nitrogen and oxygen atoms in total. The summed E-state index contributed by atoms with van der Waals surface area (Å²) in [6, 6.07) is 22.6. The standard InChI is InChI=1S/C27H18BrN3O5/c1-34-24-15-17(8-13-22(24)36-27(33)23-7-4-14-35-23)16-29-31-25(18-9-11-19(28)12-10-18)30-21-6-3-2-5-20(21)26(31)32/h2-16H,1H3. The fraction of sp³-hybridized carbons (Fsp3) is 0.0370. The van der Waals surface area contributed by atoms with Gasteiger partial charge in [-0.05, 0) is 60.2 Å². The van der Waals surface area contributed by atoms with Gasteiger partial charge in [-0.25, -0.2) is 9.78 Å². The van der Waals surface area contributed by atoms with Crippen molar-refractivity contribution in [1.82, 2.24) is 9.66 Å². The Morgan fingerprint density at radius 2 is 1.83 bits per heavy atom. The van der Waals surface area contributed by atoms with Gasteiger partial charge in [0.2, 0.25) is 5.76 Å². The van der Waals surface area contributed by atoms with Gasteiger partial charge < -0.3 is 13.9 Å². The molecule has 5 rings (SSSR count). The predicted octanol–water partition coefficient (Wildman–Crippen LogP) is 5.53. The summed E-state index contributed by atoms with van der Waals surface area (Å²) < 4.78 is 18.0. The van der Waals surface area contributed by atoms with Crippen LogP contribution in [0, 0.1) is 0 Å². The van der Waals surface area contributed by atoms with E-state index in [2.05, 4.69) is 21.0 Å². The summed E-state index contributed by atoms with van der Waals surface area (Å²) in [4.78, 5) is 30.3. The lowest BCUT2D eigenvalue weighted by Crippen LogP contribution is -2.20. The second kappa shape index (κ2) is 10.0. The molecular formula is C27H18BrN3O5. The van der Waals surface area contributed by atoms with Gasteiger partial charge in [0.15, 0.2) is 17.3 Å². The molecule has 0 radical (unpaired) electrons. The largest absolute Gasteiger partial charge is 0.493 e. The Kier molecular flexibility index (Phi) is 6.46. The van der Waals surface area contributed by atoms with Crippen LogP contribution in [-0.2, 0) is 0 Å². The SMILES string of the molecule is COc1cc(C=Nn2c(-c3ccc(Br)cc3)nc3ccccc3c2=O)ccc1OC(=O)c1ccco1. The molecule has 36 heavy (non-hydrogen) atoms. The Bertz CT molecular complexity index is 1640. The van der Waals surface area contributed by atoms with Gasteiger partial charge in [-0.1, -0.05) is 40.2 Å².